The lowest BCUT2D eigenvalue weighted by Gasteiger charge is -2.31. The van der Waals surface area contributed by atoms with Crippen molar-refractivity contribution in [3.8, 4) is 11.1 Å². The van der Waals surface area contributed by atoms with Crippen LogP contribution in [0.15, 0.2) is 59.2 Å². The van der Waals surface area contributed by atoms with E-state index in [1.54, 1.807) is 42.5 Å². The van der Waals surface area contributed by atoms with Crippen LogP contribution in [0.3, 0.4) is 0 Å². The van der Waals surface area contributed by atoms with Crippen molar-refractivity contribution in [2.24, 2.45) is 5.73 Å². The maximum atomic E-state index is 13.8. The Morgan fingerprint density at radius 1 is 1.07 bits per heavy atom. The van der Waals surface area contributed by atoms with Gasteiger partial charge in [-0.2, -0.15) is 13.2 Å². The molecule has 0 saturated heterocycles. The molecule has 2 heterocycles. The number of anilines is 1. The zero-order valence-electron chi connectivity index (χ0n) is 14.7. The van der Waals surface area contributed by atoms with Crippen molar-refractivity contribution in [3.05, 3.63) is 77.2 Å². The fraction of sp³-hybridized carbons (Fsp3) is 0.100. The highest BCUT2D eigenvalue weighted by molar-refractivity contribution is 6.14. The first-order valence-electron chi connectivity index (χ1n) is 8.51. The van der Waals surface area contributed by atoms with Gasteiger partial charge in [0.1, 0.15) is 5.76 Å². The number of furan rings is 1. The van der Waals surface area contributed by atoms with E-state index in [0.29, 0.717) is 5.56 Å². The summed E-state index contributed by atoms with van der Waals surface area (Å²) < 4.78 is 46.6. The van der Waals surface area contributed by atoms with E-state index in [4.69, 9.17) is 10.2 Å². The molecule has 1 aromatic heterocycles. The maximum Gasteiger partial charge on any atom is 0.417 e. The predicted molar refractivity (Wildman–Crippen MR) is 97.9 cm³/mol. The summed E-state index contributed by atoms with van der Waals surface area (Å²) in [6.07, 6.45) is -4.47. The van der Waals surface area contributed by atoms with Gasteiger partial charge in [0, 0.05) is 0 Å². The number of carbonyl (C=O) groups excluding carboxylic acids is 2. The second-order valence-electron chi connectivity index (χ2n) is 6.39. The molecule has 0 radical (unpaired) electrons. The Hall–Kier alpha value is -3.75. The normalized spacial score (nSPS) is 16.0. The molecule has 1 aliphatic rings. The van der Waals surface area contributed by atoms with Crippen molar-refractivity contribution in [2.45, 2.75) is 12.3 Å². The van der Waals surface area contributed by atoms with Crippen molar-refractivity contribution in [3.63, 3.8) is 0 Å². The molecular formula is C20H14F3N3O3. The summed E-state index contributed by atoms with van der Waals surface area (Å²) in [7, 11) is 0. The molecule has 0 fully saturated rings. The lowest BCUT2D eigenvalue weighted by Crippen LogP contribution is -2.40. The van der Waals surface area contributed by atoms with Gasteiger partial charge < -0.3 is 20.8 Å². The molecule has 9 heteroatoms. The minimum atomic E-state index is -4.86. The van der Waals surface area contributed by atoms with Gasteiger partial charge in [0.2, 0.25) is 0 Å². The van der Waals surface area contributed by atoms with Crippen LogP contribution in [0.1, 0.15) is 38.2 Å². The number of rotatable bonds is 3. The van der Waals surface area contributed by atoms with E-state index in [1.165, 1.54) is 6.26 Å². The van der Waals surface area contributed by atoms with Gasteiger partial charge in [-0.25, -0.2) is 0 Å². The Morgan fingerprint density at radius 2 is 1.79 bits per heavy atom. The van der Waals surface area contributed by atoms with Gasteiger partial charge >= 0.3 is 6.18 Å². The van der Waals surface area contributed by atoms with Crippen LogP contribution in [-0.2, 0) is 6.18 Å². The third-order valence-electron chi connectivity index (χ3n) is 4.58. The number of primary amides is 1. The number of alkyl halides is 3. The van der Waals surface area contributed by atoms with Crippen LogP contribution >= 0.6 is 0 Å². The lowest BCUT2D eigenvalue weighted by atomic mass is 9.89. The largest absolute Gasteiger partial charge is 0.465 e. The standard InChI is InChI=1S/C20H14F3N3O3/c21-20(22,23)12-9-11(10-5-2-1-3-6-10)14-16(15(12)17(24)27)25-18(26-19(14)28)13-7-4-8-29-13/h1-9,18,25H,(H2,24,27)(H,26,28). The average Bonchev–Trinajstić information content (AvgIpc) is 3.21. The molecule has 4 N–H and O–H groups in total. The Bertz CT molecular complexity index is 1090. The van der Waals surface area contributed by atoms with Crippen LogP contribution in [-0.4, -0.2) is 11.8 Å². The molecule has 1 atom stereocenters. The van der Waals surface area contributed by atoms with Crippen LogP contribution in [0.25, 0.3) is 11.1 Å². The summed E-state index contributed by atoms with van der Waals surface area (Å²) in [5.41, 5.74) is 3.33. The molecule has 29 heavy (non-hydrogen) atoms. The number of carbonyl (C=O) groups is 2. The molecule has 2 amide bonds. The number of benzene rings is 2. The van der Waals surface area contributed by atoms with Crippen LogP contribution in [0.5, 0.6) is 0 Å². The van der Waals surface area contributed by atoms with E-state index in [1.807, 2.05) is 0 Å². The molecule has 0 saturated carbocycles. The second kappa shape index (κ2) is 6.69. The van der Waals surface area contributed by atoms with Crippen molar-refractivity contribution in [2.75, 3.05) is 5.32 Å². The highest BCUT2D eigenvalue weighted by Gasteiger charge is 2.41. The van der Waals surface area contributed by atoms with E-state index in [0.717, 1.165) is 6.07 Å². The number of nitrogens with one attached hydrogen (secondary N) is 2. The summed E-state index contributed by atoms with van der Waals surface area (Å²) in [4.78, 5) is 24.9. The zero-order valence-corrected chi connectivity index (χ0v) is 14.7. The van der Waals surface area contributed by atoms with Gasteiger partial charge in [0.05, 0.1) is 28.6 Å². The summed E-state index contributed by atoms with van der Waals surface area (Å²) in [5.74, 6) is -1.69. The number of fused-ring (bicyclic) bond motifs is 1. The van der Waals surface area contributed by atoms with Crippen LogP contribution in [0.2, 0.25) is 0 Å². The van der Waals surface area contributed by atoms with E-state index in [-0.39, 0.29) is 22.6 Å². The maximum absolute atomic E-state index is 13.8. The topological polar surface area (TPSA) is 97.4 Å². The summed E-state index contributed by atoms with van der Waals surface area (Å²) in [5, 5.41) is 5.41. The van der Waals surface area contributed by atoms with E-state index >= 15 is 0 Å². The number of hydrogen-bond acceptors (Lipinski definition) is 4. The molecule has 4 rings (SSSR count). The quantitative estimate of drug-likeness (QED) is 0.620. The highest BCUT2D eigenvalue weighted by atomic mass is 19.4. The van der Waals surface area contributed by atoms with Crippen LogP contribution in [0, 0.1) is 0 Å². The molecule has 0 bridgehead atoms. The Kier molecular flexibility index (Phi) is 4.30. The average molecular weight is 401 g/mol. The van der Waals surface area contributed by atoms with Gasteiger partial charge in [0.15, 0.2) is 6.17 Å². The number of halogens is 3. The van der Waals surface area contributed by atoms with Gasteiger partial charge in [-0.05, 0) is 29.3 Å². The molecule has 0 aliphatic carbocycles. The zero-order chi connectivity index (χ0) is 20.8. The Labute approximate surface area is 162 Å². The monoisotopic (exact) mass is 401 g/mol. The van der Waals surface area contributed by atoms with E-state index in [2.05, 4.69) is 10.6 Å². The fourth-order valence-electron chi connectivity index (χ4n) is 3.37. The molecule has 1 unspecified atom stereocenters. The van der Waals surface area contributed by atoms with Crippen molar-refractivity contribution in [1.29, 1.82) is 0 Å². The molecule has 3 aromatic rings. The van der Waals surface area contributed by atoms with Crippen LogP contribution < -0.4 is 16.4 Å². The van der Waals surface area contributed by atoms with Crippen molar-refractivity contribution >= 4 is 17.5 Å². The smallest absolute Gasteiger partial charge is 0.417 e. The number of hydrogen-bond donors (Lipinski definition) is 3. The minimum Gasteiger partial charge on any atom is -0.465 e. The number of amides is 2. The molecular weight excluding hydrogens is 387 g/mol. The van der Waals surface area contributed by atoms with E-state index < -0.39 is 35.3 Å². The first-order valence-corrected chi connectivity index (χ1v) is 8.51. The SMILES string of the molecule is NC(=O)c1c(C(F)(F)F)cc(-c2ccccc2)c2c1NC(c1ccco1)NC2=O. The third kappa shape index (κ3) is 3.20. The minimum absolute atomic E-state index is 0.0285. The third-order valence-corrected chi connectivity index (χ3v) is 4.58. The van der Waals surface area contributed by atoms with E-state index in [9.17, 15) is 22.8 Å². The second-order valence-corrected chi connectivity index (χ2v) is 6.39. The van der Waals surface area contributed by atoms with Gasteiger partial charge in [-0.3, -0.25) is 9.59 Å². The molecule has 2 aromatic carbocycles. The molecule has 0 spiro atoms. The first kappa shape index (κ1) is 18.6. The van der Waals surface area contributed by atoms with Gasteiger partial charge in [0.25, 0.3) is 11.8 Å². The Morgan fingerprint density at radius 3 is 2.38 bits per heavy atom. The molecule has 148 valence electrons. The molecule has 1 aliphatic heterocycles. The highest BCUT2D eigenvalue weighted by Crippen LogP contribution is 2.43. The molecule has 6 nitrogen and oxygen atoms in total. The van der Waals surface area contributed by atoms with Crippen LogP contribution in [0.4, 0.5) is 18.9 Å². The van der Waals surface area contributed by atoms with Crippen molar-refractivity contribution in [1.82, 2.24) is 5.32 Å². The van der Waals surface area contributed by atoms with Gasteiger partial charge in [-0.1, -0.05) is 30.3 Å². The predicted octanol–water partition coefficient (Wildman–Crippen LogP) is 3.92. The Balaban J connectivity index is 2.03. The fourth-order valence-corrected chi connectivity index (χ4v) is 3.37. The lowest BCUT2D eigenvalue weighted by molar-refractivity contribution is -0.137. The summed E-state index contributed by atoms with van der Waals surface area (Å²) in [6.45, 7) is 0. The summed E-state index contributed by atoms with van der Waals surface area (Å²) in [6, 6.07) is 12.0. The first-order chi connectivity index (χ1) is 13.8. The van der Waals surface area contributed by atoms with Gasteiger partial charge in [-0.15, -0.1) is 0 Å². The number of nitrogens with two attached hydrogens (primary N) is 1. The summed E-state index contributed by atoms with van der Waals surface area (Å²) >= 11 is 0. The van der Waals surface area contributed by atoms with Crippen molar-refractivity contribution < 1.29 is 27.2 Å².